The molecule has 3 aromatic heterocycles. The Morgan fingerprint density at radius 1 is 0.951 bits per heavy atom. The fraction of sp³-hybridized carbons (Fsp3) is 0.567. The van der Waals surface area contributed by atoms with Crippen LogP contribution >= 0.6 is 0 Å². The molecule has 216 valence electrons. The lowest BCUT2D eigenvalue weighted by molar-refractivity contribution is 0.0847. The molecular weight excluding hydrogens is 522 g/mol. The Morgan fingerprint density at radius 2 is 1.76 bits per heavy atom. The Hall–Kier alpha value is -3.57. The van der Waals surface area contributed by atoms with Gasteiger partial charge in [-0.1, -0.05) is 55.3 Å². The van der Waals surface area contributed by atoms with E-state index in [1.165, 1.54) is 31.2 Å². The van der Waals surface area contributed by atoms with Gasteiger partial charge < -0.3 is 18.9 Å². The molecule has 41 heavy (non-hydrogen) atoms. The van der Waals surface area contributed by atoms with E-state index in [4.69, 9.17) is 28.9 Å². The number of ether oxygens (including phenoxy) is 2. The number of anilines is 1. The number of hydrogen-bond acceptors (Lipinski definition) is 9. The molecule has 3 aliphatic rings. The molecule has 1 aromatic carbocycles. The summed E-state index contributed by atoms with van der Waals surface area (Å²) in [5.74, 6) is 2.35. The van der Waals surface area contributed by atoms with Crippen LogP contribution in [0.4, 0.5) is 5.95 Å². The van der Waals surface area contributed by atoms with Gasteiger partial charge in [0.25, 0.3) is 0 Å². The molecule has 1 N–H and O–H groups in total. The van der Waals surface area contributed by atoms with Crippen molar-refractivity contribution in [3.8, 4) is 11.6 Å². The van der Waals surface area contributed by atoms with Gasteiger partial charge in [0.05, 0.1) is 24.9 Å². The maximum Gasteiger partial charge on any atom is 0.439 e. The van der Waals surface area contributed by atoms with Gasteiger partial charge >= 0.3 is 5.76 Å². The molecule has 11 nitrogen and oxygen atoms in total. The van der Waals surface area contributed by atoms with Crippen LogP contribution in [0.15, 0.2) is 39.6 Å². The number of aromatic nitrogens is 6. The van der Waals surface area contributed by atoms with Gasteiger partial charge in [-0.3, -0.25) is 9.51 Å². The van der Waals surface area contributed by atoms with E-state index >= 15 is 0 Å². The van der Waals surface area contributed by atoms with Crippen LogP contribution in [-0.2, 0) is 16.0 Å². The molecule has 4 aromatic rings. The quantitative estimate of drug-likeness (QED) is 0.364. The molecule has 1 aliphatic carbocycles. The predicted molar refractivity (Wildman–Crippen MR) is 153 cm³/mol. The first-order valence-corrected chi connectivity index (χ1v) is 15.0. The topological polar surface area (TPSA) is 124 Å². The summed E-state index contributed by atoms with van der Waals surface area (Å²) in [4.78, 5) is 32.0. The van der Waals surface area contributed by atoms with Gasteiger partial charge in [0, 0.05) is 32.2 Å². The zero-order valence-corrected chi connectivity index (χ0v) is 23.5. The monoisotopic (exact) mass is 559 g/mol. The first-order valence-electron chi connectivity index (χ1n) is 15.0. The van der Waals surface area contributed by atoms with Gasteiger partial charge in [-0.25, -0.2) is 14.8 Å². The number of imidazole rings is 1. The Morgan fingerprint density at radius 3 is 2.51 bits per heavy atom. The Balaban J connectivity index is 1.41. The van der Waals surface area contributed by atoms with Crippen LogP contribution in [0.3, 0.4) is 0 Å². The van der Waals surface area contributed by atoms with E-state index in [2.05, 4.69) is 50.8 Å². The molecule has 11 heteroatoms. The predicted octanol–water partition coefficient (Wildman–Crippen LogP) is 4.47. The van der Waals surface area contributed by atoms with Crippen molar-refractivity contribution >= 4 is 17.1 Å². The first-order chi connectivity index (χ1) is 20.1. The molecule has 7 rings (SSSR count). The van der Waals surface area contributed by atoms with Crippen molar-refractivity contribution in [1.82, 2.24) is 29.7 Å². The summed E-state index contributed by atoms with van der Waals surface area (Å²) < 4.78 is 18.9. The molecule has 3 fully saturated rings. The lowest BCUT2D eigenvalue weighted by atomic mass is 9.83. The van der Waals surface area contributed by atoms with Crippen LogP contribution in [0, 0.1) is 11.8 Å². The highest BCUT2D eigenvalue weighted by Gasteiger charge is 2.33. The largest absolute Gasteiger partial charge is 0.439 e. The highest BCUT2D eigenvalue weighted by Crippen LogP contribution is 2.39. The van der Waals surface area contributed by atoms with E-state index in [1.807, 2.05) is 6.07 Å². The second kappa shape index (κ2) is 11.4. The zero-order chi connectivity index (χ0) is 27.8. The van der Waals surface area contributed by atoms with E-state index in [0.717, 1.165) is 49.0 Å². The van der Waals surface area contributed by atoms with Crippen LogP contribution in [0.5, 0.6) is 0 Å². The van der Waals surface area contributed by atoms with Crippen molar-refractivity contribution in [3.63, 3.8) is 0 Å². The van der Waals surface area contributed by atoms with Crippen LogP contribution in [0.1, 0.15) is 68.7 Å². The standard InChI is InChI=1S/C30H37N7O4/c1-19-7-9-20(10-8-19)17-37-25-24(22-11-14-39-15-12-22)31-27(28-34-30(38)41-35-28)32-26(25)33-29(37)36-13-16-40-18-23(36)21-5-3-2-4-6-21/h2-6,19-20,22-23H,7-18H2,1H3,(H,34,35,38)/t19?,20?,23-/m0/s1. The van der Waals surface area contributed by atoms with Crippen molar-refractivity contribution in [1.29, 1.82) is 0 Å². The van der Waals surface area contributed by atoms with Crippen LogP contribution < -0.4 is 10.7 Å². The summed E-state index contributed by atoms with van der Waals surface area (Å²) in [6.07, 6.45) is 6.65. The normalized spacial score (nSPS) is 24.2. The van der Waals surface area contributed by atoms with E-state index in [9.17, 15) is 4.79 Å². The molecule has 0 spiro atoms. The highest BCUT2D eigenvalue weighted by molar-refractivity contribution is 5.80. The number of nitrogens with one attached hydrogen (secondary N) is 1. The Labute approximate surface area is 238 Å². The second-order valence-electron chi connectivity index (χ2n) is 11.8. The average molecular weight is 560 g/mol. The van der Waals surface area contributed by atoms with Crippen LogP contribution in [-0.4, -0.2) is 62.6 Å². The van der Waals surface area contributed by atoms with Crippen molar-refractivity contribution in [3.05, 3.63) is 52.1 Å². The first kappa shape index (κ1) is 26.3. The minimum Gasteiger partial charge on any atom is -0.381 e. The smallest absolute Gasteiger partial charge is 0.381 e. The maximum atomic E-state index is 11.8. The zero-order valence-electron chi connectivity index (χ0n) is 23.5. The summed E-state index contributed by atoms with van der Waals surface area (Å²) in [7, 11) is 0. The van der Waals surface area contributed by atoms with Crippen molar-refractivity contribution in [2.24, 2.45) is 11.8 Å². The summed E-state index contributed by atoms with van der Waals surface area (Å²) in [6.45, 7) is 6.57. The maximum absolute atomic E-state index is 11.8. The van der Waals surface area contributed by atoms with Gasteiger partial charge in [0.2, 0.25) is 17.6 Å². The molecular formula is C30H37N7O4. The highest BCUT2D eigenvalue weighted by atomic mass is 16.5. The number of rotatable bonds is 6. The molecule has 0 unspecified atom stereocenters. The van der Waals surface area contributed by atoms with Crippen molar-refractivity contribution in [2.45, 2.75) is 64.0 Å². The van der Waals surface area contributed by atoms with E-state index < -0.39 is 5.76 Å². The molecule has 2 aliphatic heterocycles. The SMILES string of the molecule is CC1CCC(Cn2c(N3CCOC[C@H]3c3ccccc3)nc3nc(-c4noc(=O)[nH]4)nc(C4CCOCC4)c32)CC1. The average Bonchev–Trinajstić information content (AvgIpc) is 3.62. The molecule has 0 bridgehead atoms. The number of hydrogen-bond donors (Lipinski definition) is 1. The summed E-state index contributed by atoms with van der Waals surface area (Å²) in [6, 6.07) is 10.6. The third-order valence-corrected chi connectivity index (χ3v) is 9.02. The number of morpholine rings is 1. The summed E-state index contributed by atoms with van der Waals surface area (Å²) >= 11 is 0. The summed E-state index contributed by atoms with van der Waals surface area (Å²) in [5.41, 5.74) is 3.76. The fourth-order valence-electron chi connectivity index (χ4n) is 6.70. The number of fused-ring (bicyclic) bond motifs is 1. The second-order valence-corrected chi connectivity index (χ2v) is 11.8. The van der Waals surface area contributed by atoms with Gasteiger partial charge in [-0.15, -0.1) is 0 Å². The third kappa shape index (κ3) is 5.28. The number of nitrogens with zero attached hydrogens (tertiary/aromatic N) is 6. The minimum absolute atomic E-state index is 0.0396. The lowest BCUT2D eigenvalue weighted by Crippen LogP contribution is -2.41. The molecule has 5 heterocycles. The fourth-order valence-corrected chi connectivity index (χ4v) is 6.70. The Bertz CT molecular complexity index is 1530. The minimum atomic E-state index is -0.631. The van der Waals surface area contributed by atoms with E-state index in [0.29, 0.717) is 43.8 Å². The third-order valence-electron chi connectivity index (χ3n) is 9.02. The van der Waals surface area contributed by atoms with Crippen LogP contribution in [0.2, 0.25) is 0 Å². The van der Waals surface area contributed by atoms with Gasteiger partial charge in [-0.2, -0.15) is 4.98 Å². The lowest BCUT2D eigenvalue weighted by Gasteiger charge is -2.37. The summed E-state index contributed by atoms with van der Waals surface area (Å²) in [5, 5.41) is 3.90. The molecule has 0 amide bonds. The van der Waals surface area contributed by atoms with Gasteiger partial charge in [0.15, 0.2) is 5.65 Å². The number of aromatic amines is 1. The molecule has 0 radical (unpaired) electrons. The molecule has 2 saturated heterocycles. The van der Waals surface area contributed by atoms with Gasteiger partial charge in [-0.05, 0) is 43.1 Å². The molecule has 1 saturated carbocycles. The van der Waals surface area contributed by atoms with Crippen LogP contribution in [0.25, 0.3) is 22.8 Å². The van der Waals surface area contributed by atoms with Crippen molar-refractivity contribution in [2.75, 3.05) is 37.9 Å². The molecule has 1 atom stereocenters. The van der Waals surface area contributed by atoms with Gasteiger partial charge in [0.1, 0.15) is 5.52 Å². The van der Waals surface area contributed by atoms with Crippen molar-refractivity contribution < 1.29 is 14.0 Å². The number of benzene rings is 1. The Kier molecular flexibility index (Phi) is 7.30. The van der Waals surface area contributed by atoms with E-state index in [1.54, 1.807) is 0 Å². The van der Waals surface area contributed by atoms with E-state index in [-0.39, 0.29) is 17.8 Å². The number of H-pyrrole nitrogens is 1.